The first-order valence-electron chi connectivity index (χ1n) is 8.19. The fourth-order valence-electron chi connectivity index (χ4n) is 2.62. The van der Waals surface area contributed by atoms with Crippen LogP contribution in [0.3, 0.4) is 0 Å². The van der Waals surface area contributed by atoms with E-state index >= 15 is 0 Å². The Hall–Kier alpha value is -2.64. The number of likely N-dealkylation sites (tertiary alicyclic amines) is 1. The number of amides is 2. The Morgan fingerprint density at radius 2 is 2.08 bits per heavy atom. The lowest BCUT2D eigenvalue weighted by Gasteiger charge is -2.34. The van der Waals surface area contributed by atoms with Gasteiger partial charge >= 0.3 is 6.09 Å². The Bertz CT molecular complexity index is 668. The van der Waals surface area contributed by atoms with Gasteiger partial charge in [-0.15, -0.1) is 0 Å². The zero-order valence-corrected chi connectivity index (χ0v) is 14.7. The van der Waals surface area contributed by atoms with E-state index in [1.165, 1.54) is 24.3 Å². The summed E-state index contributed by atoms with van der Waals surface area (Å²) in [4.78, 5) is 36.3. The maximum atomic E-state index is 12.3. The van der Waals surface area contributed by atoms with Crippen LogP contribution in [0, 0.1) is 10.1 Å². The fourth-order valence-corrected chi connectivity index (χ4v) is 2.62. The average Bonchev–Trinajstić information content (AvgIpc) is 2.53. The summed E-state index contributed by atoms with van der Waals surface area (Å²) in [6.45, 7) is 6.34. The van der Waals surface area contributed by atoms with E-state index in [0.29, 0.717) is 13.1 Å². The zero-order chi connectivity index (χ0) is 18.6. The summed E-state index contributed by atoms with van der Waals surface area (Å²) in [7, 11) is 0. The second-order valence-corrected chi connectivity index (χ2v) is 7.05. The summed E-state index contributed by atoms with van der Waals surface area (Å²) in [6, 6.07) is 5.36. The average molecular weight is 349 g/mol. The number of benzene rings is 1. The number of carbonyl (C=O) groups excluding carboxylic acids is 2. The number of carbonyl (C=O) groups is 2. The molecule has 0 saturated carbocycles. The Labute approximate surface area is 146 Å². The van der Waals surface area contributed by atoms with Crippen molar-refractivity contribution in [2.75, 3.05) is 13.1 Å². The number of hydrogen-bond acceptors (Lipinski definition) is 5. The molecule has 1 N–H and O–H groups in total. The number of nitro benzene ring substituents is 1. The van der Waals surface area contributed by atoms with Gasteiger partial charge in [-0.1, -0.05) is 6.07 Å². The Morgan fingerprint density at radius 3 is 2.72 bits per heavy atom. The maximum Gasteiger partial charge on any atom is 0.410 e. The fraction of sp³-hybridized carbons (Fsp3) is 0.529. The first kappa shape index (κ1) is 18.7. The highest BCUT2D eigenvalue weighted by molar-refractivity contribution is 5.95. The van der Waals surface area contributed by atoms with Crippen molar-refractivity contribution in [2.45, 2.75) is 45.3 Å². The SMILES string of the molecule is CC(C)(C)OC(=O)N1CCC[C@@H](NC(=O)c2cccc([N+](=O)[O-])c2)C1. The van der Waals surface area contributed by atoms with Crippen LogP contribution in [0.5, 0.6) is 0 Å². The number of non-ortho nitro benzene ring substituents is 1. The van der Waals surface area contributed by atoms with Gasteiger partial charge in [0, 0.05) is 36.8 Å². The van der Waals surface area contributed by atoms with Gasteiger partial charge in [-0.2, -0.15) is 0 Å². The molecule has 1 atom stereocenters. The first-order chi connectivity index (χ1) is 11.7. The molecule has 1 aliphatic rings. The number of rotatable bonds is 3. The molecule has 0 aromatic heterocycles. The topological polar surface area (TPSA) is 102 Å². The Morgan fingerprint density at radius 1 is 1.36 bits per heavy atom. The molecule has 0 unspecified atom stereocenters. The molecule has 0 bridgehead atoms. The predicted molar refractivity (Wildman–Crippen MR) is 91.4 cm³/mol. The van der Waals surface area contributed by atoms with Crippen molar-refractivity contribution < 1.29 is 19.2 Å². The van der Waals surface area contributed by atoms with Crippen LogP contribution in [0.25, 0.3) is 0 Å². The standard InChI is InChI=1S/C17H23N3O5/c1-17(2,3)25-16(22)19-9-5-7-13(11-19)18-15(21)12-6-4-8-14(10-12)20(23)24/h4,6,8,10,13H,5,7,9,11H2,1-3H3,(H,18,21)/t13-/m1/s1. The molecule has 1 saturated heterocycles. The van der Waals surface area contributed by atoms with Gasteiger partial charge in [-0.05, 0) is 39.7 Å². The largest absolute Gasteiger partial charge is 0.444 e. The van der Waals surface area contributed by atoms with E-state index in [1.807, 2.05) is 0 Å². The van der Waals surface area contributed by atoms with Gasteiger partial charge in [0.05, 0.1) is 4.92 Å². The van der Waals surface area contributed by atoms with Crippen LogP contribution in [0.15, 0.2) is 24.3 Å². The molecule has 2 rings (SSSR count). The number of hydrogen-bond donors (Lipinski definition) is 1. The molecule has 136 valence electrons. The normalized spacial score (nSPS) is 17.7. The molecule has 1 fully saturated rings. The van der Waals surface area contributed by atoms with E-state index < -0.39 is 16.6 Å². The van der Waals surface area contributed by atoms with Crippen molar-refractivity contribution >= 4 is 17.7 Å². The summed E-state index contributed by atoms with van der Waals surface area (Å²) in [5.74, 6) is -0.389. The van der Waals surface area contributed by atoms with E-state index in [9.17, 15) is 19.7 Å². The van der Waals surface area contributed by atoms with E-state index in [-0.39, 0.29) is 23.2 Å². The summed E-state index contributed by atoms with van der Waals surface area (Å²) in [5.41, 5.74) is -0.480. The molecule has 1 aliphatic heterocycles. The molecule has 0 spiro atoms. The lowest BCUT2D eigenvalue weighted by Crippen LogP contribution is -2.50. The number of nitrogens with one attached hydrogen (secondary N) is 1. The smallest absolute Gasteiger partial charge is 0.410 e. The van der Waals surface area contributed by atoms with Crippen molar-refractivity contribution in [3.05, 3.63) is 39.9 Å². The highest BCUT2D eigenvalue weighted by atomic mass is 16.6. The van der Waals surface area contributed by atoms with Crippen molar-refractivity contribution in [1.82, 2.24) is 10.2 Å². The van der Waals surface area contributed by atoms with Crippen LogP contribution in [-0.4, -0.2) is 46.6 Å². The van der Waals surface area contributed by atoms with E-state index in [4.69, 9.17) is 4.74 Å². The third kappa shape index (κ3) is 5.44. The zero-order valence-electron chi connectivity index (χ0n) is 14.7. The number of ether oxygens (including phenoxy) is 1. The molecular formula is C17H23N3O5. The molecule has 1 aromatic rings. The van der Waals surface area contributed by atoms with Crippen molar-refractivity contribution in [2.24, 2.45) is 0 Å². The van der Waals surface area contributed by atoms with E-state index in [0.717, 1.165) is 12.8 Å². The van der Waals surface area contributed by atoms with Gasteiger partial charge in [-0.3, -0.25) is 14.9 Å². The van der Waals surface area contributed by atoms with Gasteiger partial charge in [-0.25, -0.2) is 4.79 Å². The van der Waals surface area contributed by atoms with Gasteiger partial charge in [0.15, 0.2) is 0 Å². The van der Waals surface area contributed by atoms with Crippen molar-refractivity contribution in [3.8, 4) is 0 Å². The summed E-state index contributed by atoms with van der Waals surface area (Å²) >= 11 is 0. The molecular weight excluding hydrogens is 326 g/mol. The maximum absolute atomic E-state index is 12.3. The monoisotopic (exact) mass is 349 g/mol. The minimum Gasteiger partial charge on any atom is -0.444 e. The number of nitrogens with zero attached hydrogens (tertiary/aromatic N) is 2. The summed E-state index contributed by atoms with van der Waals surface area (Å²) < 4.78 is 5.36. The molecule has 8 nitrogen and oxygen atoms in total. The lowest BCUT2D eigenvalue weighted by molar-refractivity contribution is -0.384. The van der Waals surface area contributed by atoms with E-state index in [2.05, 4.69) is 5.32 Å². The summed E-state index contributed by atoms with van der Waals surface area (Å²) in [5, 5.41) is 13.7. The highest BCUT2D eigenvalue weighted by Crippen LogP contribution is 2.17. The predicted octanol–water partition coefficient (Wildman–Crippen LogP) is 2.72. The second kappa shape index (κ2) is 7.50. The van der Waals surface area contributed by atoms with Crippen LogP contribution >= 0.6 is 0 Å². The third-order valence-corrected chi connectivity index (χ3v) is 3.73. The second-order valence-electron chi connectivity index (χ2n) is 7.05. The molecule has 1 aromatic carbocycles. The molecule has 0 radical (unpaired) electrons. The van der Waals surface area contributed by atoms with Crippen LogP contribution in [-0.2, 0) is 4.74 Å². The number of piperidine rings is 1. The Balaban J connectivity index is 1.98. The lowest BCUT2D eigenvalue weighted by atomic mass is 10.1. The van der Waals surface area contributed by atoms with Crippen LogP contribution in [0.1, 0.15) is 44.0 Å². The van der Waals surface area contributed by atoms with Crippen LogP contribution < -0.4 is 5.32 Å². The number of nitro groups is 1. The molecule has 8 heteroatoms. The van der Waals surface area contributed by atoms with Gasteiger partial charge in [0.2, 0.25) is 0 Å². The van der Waals surface area contributed by atoms with Crippen molar-refractivity contribution in [3.63, 3.8) is 0 Å². The van der Waals surface area contributed by atoms with E-state index in [1.54, 1.807) is 25.7 Å². The third-order valence-electron chi connectivity index (χ3n) is 3.73. The Kier molecular flexibility index (Phi) is 5.61. The molecule has 25 heavy (non-hydrogen) atoms. The van der Waals surface area contributed by atoms with Crippen LogP contribution in [0.4, 0.5) is 10.5 Å². The minimum absolute atomic E-state index is 0.133. The highest BCUT2D eigenvalue weighted by Gasteiger charge is 2.28. The first-order valence-corrected chi connectivity index (χ1v) is 8.19. The molecule has 2 amide bonds. The van der Waals surface area contributed by atoms with Crippen molar-refractivity contribution in [1.29, 1.82) is 0 Å². The summed E-state index contributed by atoms with van der Waals surface area (Å²) in [6.07, 6.45) is 1.08. The van der Waals surface area contributed by atoms with Gasteiger partial charge in [0.25, 0.3) is 11.6 Å². The van der Waals surface area contributed by atoms with Gasteiger partial charge < -0.3 is 15.0 Å². The quantitative estimate of drug-likeness (QED) is 0.668. The molecule has 0 aliphatic carbocycles. The minimum atomic E-state index is -0.573. The van der Waals surface area contributed by atoms with Gasteiger partial charge in [0.1, 0.15) is 5.60 Å². The molecule has 1 heterocycles. The van der Waals surface area contributed by atoms with Crippen LogP contribution in [0.2, 0.25) is 0 Å².